The minimum absolute atomic E-state index is 0.0269. The molecule has 1 aromatic heterocycles. The number of amides is 1. The molecule has 0 atom stereocenters. The molecule has 1 aliphatic heterocycles. The van der Waals surface area contributed by atoms with Crippen LogP contribution in [0.15, 0.2) is 78.9 Å². The van der Waals surface area contributed by atoms with Crippen molar-refractivity contribution in [2.75, 3.05) is 16.8 Å². The van der Waals surface area contributed by atoms with Gasteiger partial charge in [-0.05, 0) is 36.2 Å². The van der Waals surface area contributed by atoms with E-state index in [0.717, 1.165) is 52.2 Å². The van der Waals surface area contributed by atoms with Gasteiger partial charge in [0.25, 0.3) is 0 Å². The SMILES string of the molecule is O=C(Cc1ccccc1)Nc1c2c(nc3ccccc13)N(c1cccc(Cl)c1)CC2. The predicted molar refractivity (Wildman–Crippen MR) is 123 cm³/mol. The highest BCUT2D eigenvalue weighted by atomic mass is 35.5. The standard InChI is InChI=1S/C25H20ClN3O/c26-18-9-6-10-19(16-18)29-14-13-21-24(20-11-4-5-12-22(20)27-25(21)29)28-23(30)15-17-7-2-1-3-8-17/h1-12,16H,13-15H2,(H,27,28,30). The van der Waals surface area contributed by atoms with Gasteiger partial charge in [0.05, 0.1) is 17.6 Å². The monoisotopic (exact) mass is 413 g/mol. The molecule has 30 heavy (non-hydrogen) atoms. The third-order valence-corrected chi connectivity index (χ3v) is 5.64. The summed E-state index contributed by atoms with van der Waals surface area (Å²) in [5, 5.41) is 4.84. The molecule has 5 rings (SSSR count). The molecule has 4 aromatic rings. The van der Waals surface area contributed by atoms with Crippen molar-refractivity contribution in [2.45, 2.75) is 12.8 Å². The van der Waals surface area contributed by atoms with Crippen LogP contribution in [-0.2, 0) is 17.6 Å². The van der Waals surface area contributed by atoms with Crippen molar-refractivity contribution < 1.29 is 4.79 Å². The summed E-state index contributed by atoms with van der Waals surface area (Å²) in [6.07, 6.45) is 1.14. The number of hydrogen-bond donors (Lipinski definition) is 1. The average molecular weight is 414 g/mol. The van der Waals surface area contributed by atoms with Crippen molar-refractivity contribution in [3.63, 3.8) is 0 Å². The van der Waals surface area contributed by atoms with Crippen LogP contribution in [0.3, 0.4) is 0 Å². The van der Waals surface area contributed by atoms with Crippen molar-refractivity contribution in [1.82, 2.24) is 4.98 Å². The molecule has 2 heterocycles. The van der Waals surface area contributed by atoms with Crippen LogP contribution in [-0.4, -0.2) is 17.4 Å². The number of aromatic nitrogens is 1. The summed E-state index contributed by atoms with van der Waals surface area (Å²) in [6, 6.07) is 25.5. The molecule has 0 bridgehead atoms. The van der Waals surface area contributed by atoms with Crippen LogP contribution in [0.4, 0.5) is 17.2 Å². The number of anilines is 3. The zero-order chi connectivity index (χ0) is 20.5. The highest BCUT2D eigenvalue weighted by molar-refractivity contribution is 6.30. The van der Waals surface area contributed by atoms with Gasteiger partial charge in [0, 0.05) is 28.2 Å². The number of halogens is 1. The van der Waals surface area contributed by atoms with E-state index < -0.39 is 0 Å². The van der Waals surface area contributed by atoms with Crippen molar-refractivity contribution in [3.05, 3.63) is 95.0 Å². The topological polar surface area (TPSA) is 45.2 Å². The van der Waals surface area contributed by atoms with Crippen LogP contribution in [0.2, 0.25) is 5.02 Å². The lowest BCUT2D eigenvalue weighted by atomic mass is 10.1. The Morgan fingerprint density at radius 3 is 2.63 bits per heavy atom. The first-order chi connectivity index (χ1) is 14.7. The van der Waals surface area contributed by atoms with Gasteiger partial charge >= 0.3 is 0 Å². The summed E-state index contributed by atoms with van der Waals surface area (Å²) in [5.74, 6) is 0.854. The second kappa shape index (κ2) is 7.81. The van der Waals surface area contributed by atoms with E-state index in [1.54, 1.807) is 0 Å². The van der Waals surface area contributed by atoms with E-state index in [1.165, 1.54) is 0 Å². The van der Waals surface area contributed by atoms with Gasteiger partial charge in [-0.2, -0.15) is 0 Å². The van der Waals surface area contributed by atoms with E-state index in [-0.39, 0.29) is 5.91 Å². The minimum Gasteiger partial charge on any atom is -0.326 e. The number of rotatable bonds is 4. The van der Waals surface area contributed by atoms with Gasteiger partial charge in [-0.15, -0.1) is 0 Å². The maximum Gasteiger partial charge on any atom is 0.228 e. The number of benzene rings is 3. The van der Waals surface area contributed by atoms with Crippen LogP contribution in [0, 0.1) is 0 Å². The number of nitrogens with zero attached hydrogens (tertiary/aromatic N) is 2. The molecule has 4 nitrogen and oxygen atoms in total. The molecule has 0 spiro atoms. The van der Waals surface area contributed by atoms with Crippen LogP contribution in [0.1, 0.15) is 11.1 Å². The van der Waals surface area contributed by atoms with E-state index in [0.29, 0.717) is 11.4 Å². The Bertz CT molecular complexity index is 1240. The number of carbonyl (C=O) groups excluding carboxylic acids is 1. The van der Waals surface area contributed by atoms with Gasteiger partial charge in [0.1, 0.15) is 5.82 Å². The molecule has 3 aromatic carbocycles. The third-order valence-electron chi connectivity index (χ3n) is 5.40. The van der Waals surface area contributed by atoms with E-state index in [1.807, 2.05) is 78.9 Å². The molecular weight excluding hydrogens is 394 g/mol. The van der Waals surface area contributed by atoms with Crippen LogP contribution in [0.5, 0.6) is 0 Å². The van der Waals surface area contributed by atoms with Gasteiger partial charge in [0.2, 0.25) is 5.91 Å². The van der Waals surface area contributed by atoms with Gasteiger partial charge in [-0.25, -0.2) is 4.98 Å². The molecular formula is C25H20ClN3O. The average Bonchev–Trinajstić information content (AvgIpc) is 3.18. The summed E-state index contributed by atoms with van der Waals surface area (Å²) >= 11 is 6.22. The number of hydrogen-bond acceptors (Lipinski definition) is 3. The smallest absolute Gasteiger partial charge is 0.228 e. The number of pyridine rings is 1. The molecule has 148 valence electrons. The van der Waals surface area contributed by atoms with Crippen LogP contribution < -0.4 is 10.2 Å². The first-order valence-electron chi connectivity index (χ1n) is 9.97. The summed E-state index contributed by atoms with van der Waals surface area (Å²) in [4.78, 5) is 20.0. The second-order valence-electron chi connectivity index (χ2n) is 7.40. The van der Waals surface area contributed by atoms with Crippen molar-refractivity contribution in [3.8, 4) is 0 Å². The Morgan fingerprint density at radius 1 is 1.00 bits per heavy atom. The Labute approximate surface area is 180 Å². The molecule has 0 fully saturated rings. The lowest BCUT2D eigenvalue weighted by molar-refractivity contribution is -0.115. The summed E-state index contributed by atoms with van der Waals surface area (Å²) in [5.41, 5.74) is 4.78. The Balaban J connectivity index is 1.56. The maximum absolute atomic E-state index is 12.9. The molecule has 0 aliphatic carbocycles. The normalized spacial score (nSPS) is 12.8. The van der Waals surface area contributed by atoms with Crippen LogP contribution >= 0.6 is 11.6 Å². The Morgan fingerprint density at radius 2 is 1.80 bits per heavy atom. The fourth-order valence-corrected chi connectivity index (χ4v) is 4.22. The molecule has 1 aliphatic rings. The third kappa shape index (κ3) is 3.51. The number of fused-ring (bicyclic) bond motifs is 2. The van der Waals surface area contributed by atoms with Gasteiger partial charge in [-0.3, -0.25) is 4.79 Å². The Hall–Kier alpha value is -3.37. The minimum atomic E-state index is -0.0269. The zero-order valence-corrected chi connectivity index (χ0v) is 17.1. The van der Waals surface area contributed by atoms with Crippen molar-refractivity contribution in [2.24, 2.45) is 0 Å². The van der Waals surface area contributed by atoms with Crippen LogP contribution in [0.25, 0.3) is 10.9 Å². The van der Waals surface area contributed by atoms with E-state index in [2.05, 4.69) is 10.2 Å². The molecule has 0 saturated carbocycles. The largest absolute Gasteiger partial charge is 0.326 e. The molecule has 1 amide bonds. The highest BCUT2D eigenvalue weighted by Gasteiger charge is 2.27. The summed E-state index contributed by atoms with van der Waals surface area (Å²) in [6.45, 7) is 0.792. The molecule has 5 heteroatoms. The quantitative estimate of drug-likeness (QED) is 0.462. The van der Waals surface area contributed by atoms with Gasteiger partial charge in [-0.1, -0.05) is 66.2 Å². The van der Waals surface area contributed by atoms with E-state index in [4.69, 9.17) is 16.6 Å². The molecule has 1 N–H and O–H groups in total. The maximum atomic E-state index is 12.9. The lowest BCUT2D eigenvalue weighted by Crippen LogP contribution is -2.16. The Kier molecular flexibility index (Phi) is 4.85. The zero-order valence-electron chi connectivity index (χ0n) is 16.3. The van der Waals surface area contributed by atoms with Gasteiger partial charge < -0.3 is 10.2 Å². The number of nitrogens with one attached hydrogen (secondary N) is 1. The summed E-state index contributed by atoms with van der Waals surface area (Å²) in [7, 11) is 0. The second-order valence-corrected chi connectivity index (χ2v) is 7.83. The predicted octanol–water partition coefficient (Wildman–Crippen LogP) is 5.76. The lowest BCUT2D eigenvalue weighted by Gasteiger charge is -2.20. The molecule has 0 radical (unpaired) electrons. The molecule has 0 saturated heterocycles. The fraction of sp³-hybridized carbons (Fsp3) is 0.120. The van der Waals surface area contributed by atoms with Gasteiger partial charge in [0.15, 0.2) is 0 Å². The highest BCUT2D eigenvalue weighted by Crippen LogP contribution is 2.41. The fourth-order valence-electron chi connectivity index (χ4n) is 4.03. The summed E-state index contributed by atoms with van der Waals surface area (Å²) < 4.78 is 0. The van der Waals surface area contributed by atoms with E-state index >= 15 is 0 Å². The number of para-hydroxylation sites is 1. The molecule has 0 unspecified atom stereocenters. The number of carbonyl (C=O) groups is 1. The van der Waals surface area contributed by atoms with Crippen molar-refractivity contribution >= 4 is 45.6 Å². The van der Waals surface area contributed by atoms with E-state index in [9.17, 15) is 4.79 Å². The first-order valence-corrected chi connectivity index (χ1v) is 10.4. The first kappa shape index (κ1) is 18.6. The van der Waals surface area contributed by atoms with Crippen molar-refractivity contribution in [1.29, 1.82) is 0 Å².